The number of fused-ring (bicyclic) bond motifs is 1. The average molecular weight is 457 g/mol. The molecule has 0 unspecified atom stereocenters. The second-order valence-corrected chi connectivity index (χ2v) is 8.15. The highest BCUT2D eigenvalue weighted by Crippen LogP contribution is 2.29. The van der Waals surface area contributed by atoms with Crippen LogP contribution in [0.1, 0.15) is 42.6 Å². The summed E-state index contributed by atoms with van der Waals surface area (Å²) in [5.41, 5.74) is 2.29. The molecule has 0 spiro atoms. The Morgan fingerprint density at radius 3 is 2.41 bits per heavy atom. The number of benzene rings is 2. The summed E-state index contributed by atoms with van der Waals surface area (Å²) in [6, 6.07) is 11.2. The smallest absolute Gasteiger partial charge is 0.326 e. The van der Waals surface area contributed by atoms with Crippen LogP contribution >= 0.6 is 11.3 Å². The number of aromatic nitrogens is 1. The zero-order valence-corrected chi connectivity index (χ0v) is 19.7. The highest BCUT2D eigenvalue weighted by Gasteiger charge is 2.19. The van der Waals surface area contributed by atoms with E-state index in [1.54, 1.807) is 29.7 Å². The SMILES string of the molecule is CCCCc1ccc2c(c1)sc(=NC(=O)c1c(OC)cccc1OC)n2CC(=O)OCC. The highest BCUT2D eigenvalue weighted by molar-refractivity contribution is 7.16. The van der Waals surface area contributed by atoms with Crippen molar-refractivity contribution in [2.45, 2.75) is 39.7 Å². The Balaban J connectivity index is 2.14. The molecule has 170 valence electrons. The van der Waals surface area contributed by atoms with Crippen molar-refractivity contribution in [3.63, 3.8) is 0 Å². The number of methoxy groups -OCH3 is 2. The summed E-state index contributed by atoms with van der Waals surface area (Å²) in [7, 11) is 2.98. The van der Waals surface area contributed by atoms with Crippen molar-refractivity contribution in [2.24, 2.45) is 4.99 Å². The zero-order valence-electron chi connectivity index (χ0n) is 18.8. The first-order valence-corrected chi connectivity index (χ1v) is 11.4. The van der Waals surface area contributed by atoms with Gasteiger partial charge in [-0.3, -0.25) is 9.59 Å². The quantitative estimate of drug-likeness (QED) is 0.447. The predicted molar refractivity (Wildman–Crippen MR) is 124 cm³/mol. The summed E-state index contributed by atoms with van der Waals surface area (Å²) in [5.74, 6) is -0.142. The van der Waals surface area contributed by atoms with Crippen molar-refractivity contribution in [1.29, 1.82) is 0 Å². The molecule has 1 heterocycles. The number of hydrogen-bond donors (Lipinski definition) is 0. The van der Waals surface area contributed by atoms with Crippen molar-refractivity contribution in [1.82, 2.24) is 4.57 Å². The summed E-state index contributed by atoms with van der Waals surface area (Å²) in [6.07, 6.45) is 3.19. The Morgan fingerprint density at radius 2 is 1.78 bits per heavy atom. The van der Waals surface area contributed by atoms with Crippen LogP contribution in [0.3, 0.4) is 0 Å². The minimum absolute atomic E-state index is 0.0304. The van der Waals surface area contributed by atoms with Gasteiger partial charge < -0.3 is 18.8 Å². The number of rotatable bonds is 9. The van der Waals surface area contributed by atoms with E-state index in [0.717, 1.165) is 29.5 Å². The highest BCUT2D eigenvalue weighted by atomic mass is 32.1. The number of amides is 1. The molecule has 0 saturated carbocycles. The molecule has 3 rings (SSSR count). The van der Waals surface area contributed by atoms with E-state index < -0.39 is 5.91 Å². The van der Waals surface area contributed by atoms with Gasteiger partial charge in [-0.15, -0.1) is 0 Å². The van der Waals surface area contributed by atoms with Gasteiger partial charge in [-0.05, 0) is 49.6 Å². The minimum atomic E-state index is -0.505. The van der Waals surface area contributed by atoms with Gasteiger partial charge in [-0.25, -0.2) is 0 Å². The lowest BCUT2D eigenvalue weighted by Crippen LogP contribution is -2.23. The molecule has 0 radical (unpaired) electrons. The van der Waals surface area contributed by atoms with E-state index in [-0.39, 0.29) is 24.7 Å². The molecule has 2 aromatic carbocycles. The van der Waals surface area contributed by atoms with E-state index in [0.29, 0.717) is 16.3 Å². The second kappa shape index (κ2) is 10.9. The molecule has 1 amide bonds. The predicted octanol–water partition coefficient (Wildman–Crippen LogP) is 4.37. The molecule has 1 aromatic heterocycles. The molecule has 0 aliphatic rings. The number of esters is 1. The molecule has 3 aromatic rings. The van der Waals surface area contributed by atoms with Gasteiger partial charge in [-0.2, -0.15) is 4.99 Å². The van der Waals surface area contributed by atoms with Gasteiger partial charge in [-0.1, -0.05) is 36.8 Å². The van der Waals surface area contributed by atoms with Crippen LogP contribution in [0, 0.1) is 0 Å². The molecule has 0 bridgehead atoms. The zero-order chi connectivity index (χ0) is 23.1. The van der Waals surface area contributed by atoms with Crippen LogP contribution in [0.4, 0.5) is 0 Å². The second-order valence-electron chi connectivity index (χ2n) is 7.14. The summed E-state index contributed by atoms with van der Waals surface area (Å²) in [5, 5.41) is 0. The van der Waals surface area contributed by atoms with Crippen LogP contribution in [-0.2, 0) is 22.5 Å². The van der Waals surface area contributed by atoms with Gasteiger partial charge in [0.2, 0.25) is 0 Å². The molecule has 0 aliphatic heterocycles. The largest absolute Gasteiger partial charge is 0.496 e. The number of carbonyl (C=O) groups is 2. The molecule has 8 heteroatoms. The van der Waals surface area contributed by atoms with E-state index in [1.165, 1.54) is 31.1 Å². The van der Waals surface area contributed by atoms with Crippen LogP contribution in [0.5, 0.6) is 11.5 Å². The Bertz CT molecular complexity index is 1160. The first-order chi connectivity index (χ1) is 15.5. The molecule has 0 atom stereocenters. The first kappa shape index (κ1) is 23.5. The van der Waals surface area contributed by atoms with Crippen molar-refractivity contribution >= 4 is 33.4 Å². The fraction of sp³-hybridized carbons (Fsp3) is 0.375. The van der Waals surface area contributed by atoms with Crippen LogP contribution in [0.15, 0.2) is 41.4 Å². The topological polar surface area (TPSA) is 79.1 Å². The van der Waals surface area contributed by atoms with Gasteiger partial charge in [0.1, 0.15) is 23.6 Å². The van der Waals surface area contributed by atoms with Gasteiger partial charge in [0.15, 0.2) is 4.80 Å². The average Bonchev–Trinajstić information content (AvgIpc) is 3.12. The molecule has 32 heavy (non-hydrogen) atoms. The lowest BCUT2D eigenvalue weighted by molar-refractivity contribution is -0.143. The van der Waals surface area contributed by atoms with Crippen LogP contribution < -0.4 is 14.3 Å². The third-order valence-corrected chi connectivity index (χ3v) is 6.04. The van der Waals surface area contributed by atoms with Crippen molar-refractivity contribution in [3.05, 3.63) is 52.3 Å². The molecular formula is C24H28N2O5S. The van der Waals surface area contributed by atoms with E-state index in [2.05, 4.69) is 24.0 Å². The monoisotopic (exact) mass is 456 g/mol. The number of nitrogens with zero attached hydrogens (tertiary/aromatic N) is 2. The van der Waals surface area contributed by atoms with Crippen molar-refractivity contribution in [3.8, 4) is 11.5 Å². The molecule has 0 N–H and O–H groups in total. The maximum Gasteiger partial charge on any atom is 0.326 e. The standard InChI is InChI=1S/C24H28N2O5S/c1-5-7-9-16-12-13-17-20(14-16)32-24(26(17)15-21(27)31-6-2)25-23(28)22-18(29-3)10-8-11-19(22)30-4/h8,10-14H,5-7,9,15H2,1-4H3. The molecule has 0 fully saturated rings. The van der Waals surface area contributed by atoms with Crippen molar-refractivity contribution in [2.75, 3.05) is 20.8 Å². The Kier molecular flexibility index (Phi) is 8.05. The van der Waals surface area contributed by atoms with Gasteiger partial charge in [0.05, 0.1) is 31.0 Å². The Labute approximate surface area is 191 Å². The van der Waals surface area contributed by atoms with E-state index >= 15 is 0 Å². The number of aryl methyl sites for hydroxylation is 1. The van der Waals surface area contributed by atoms with Crippen LogP contribution in [0.2, 0.25) is 0 Å². The number of hydrogen-bond acceptors (Lipinski definition) is 6. The number of thiazole rings is 1. The van der Waals surface area contributed by atoms with Gasteiger partial charge >= 0.3 is 5.97 Å². The summed E-state index contributed by atoms with van der Waals surface area (Å²) in [6.45, 7) is 4.17. The fourth-order valence-corrected chi connectivity index (χ4v) is 4.52. The maximum atomic E-state index is 13.2. The van der Waals surface area contributed by atoms with E-state index in [9.17, 15) is 9.59 Å². The van der Waals surface area contributed by atoms with E-state index in [4.69, 9.17) is 14.2 Å². The first-order valence-electron chi connectivity index (χ1n) is 10.6. The molecular weight excluding hydrogens is 428 g/mol. The Morgan fingerprint density at radius 1 is 1.06 bits per heavy atom. The lowest BCUT2D eigenvalue weighted by Gasteiger charge is -2.10. The summed E-state index contributed by atoms with van der Waals surface area (Å²) < 4.78 is 18.5. The van der Waals surface area contributed by atoms with Gasteiger partial charge in [0, 0.05) is 0 Å². The van der Waals surface area contributed by atoms with Crippen LogP contribution in [-0.4, -0.2) is 37.3 Å². The van der Waals surface area contributed by atoms with Crippen LogP contribution in [0.25, 0.3) is 10.2 Å². The molecule has 0 saturated heterocycles. The molecule has 7 nitrogen and oxygen atoms in total. The summed E-state index contributed by atoms with van der Waals surface area (Å²) in [4.78, 5) is 30.2. The third-order valence-electron chi connectivity index (χ3n) is 5.00. The molecule has 0 aliphatic carbocycles. The maximum absolute atomic E-state index is 13.2. The number of ether oxygens (including phenoxy) is 3. The Hall–Kier alpha value is -3.13. The number of unbranched alkanes of at least 4 members (excludes halogenated alkanes) is 1. The van der Waals surface area contributed by atoms with Crippen molar-refractivity contribution < 1.29 is 23.8 Å². The fourth-order valence-electron chi connectivity index (χ4n) is 3.43. The number of carbonyl (C=O) groups excluding carboxylic acids is 2. The lowest BCUT2D eigenvalue weighted by atomic mass is 10.1. The minimum Gasteiger partial charge on any atom is -0.496 e. The van der Waals surface area contributed by atoms with Gasteiger partial charge in [0.25, 0.3) is 5.91 Å². The summed E-state index contributed by atoms with van der Waals surface area (Å²) >= 11 is 1.37. The third kappa shape index (κ3) is 5.19. The normalized spacial score (nSPS) is 11.6. The van der Waals surface area contributed by atoms with E-state index in [1.807, 2.05) is 6.07 Å².